The van der Waals surface area contributed by atoms with Crippen LogP contribution >= 0.6 is 8.38 Å². The molecule has 0 atom stereocenters. The largest absolute Gasteiger partial charge is 0.379 e. The molecule has 142 valence electrons. The Bertz CT molecular complexity index is 391. The zero-order valence-corrected chi connectivity index (χ0v) is 16.1. The molecule has 1 rings (SSSR count). The highest BCUT2D eigenvalue weighted by Gasteiger charge is 2.03. The highest BCUT2D eigenvalue weighted by atomic mass is 31.2. The maximum Gasteiger partial charge on any atom is 0.167 e. The average molecular weight is 365 g/mol. The molecule has 0 saturated carbocycles. The monoisotopic (exact) mass is 365 g/mol. The van der Waals surface area contributed by atoms with Crippen LogP contribution in [0.3, 0.4) is 0 Å². The molecule has 0 aliphatic carbocycles. The highest BCUT2D eigenvalue weighted by Crippen LogP contribution is 2.20. The molecule has 0 amide bonds. The van der Waals surface area contributed by atoms with Gasteiger partial charge in [0.15, 0.2) is 8.38 Å². The fraction of sp³-hybridized carbons (Fsp3) is 0.867. The molecule has 24 heavy (non-hydrogen) atoms. The van der Waals surface area contributed by atoms with Crippen LogP contribution in [0.25, 0.3) is 0 Å². The van der Waals surface area contributed by atoms with Crippen molar-refractivity contribution in [2.75, 3.05) is 39.2 Å². The first kappa shape index (κ1) is 23.4. The Balaban J connectivity index is 0.00000254. The van der Waals surface area contributed by atoms with Gasteiger partial charge in [-0.3, -0.25) is 4.68 Å². The molecule has 0 bridgehead atoms. The van der Waals surface area contributed by atoms with Gasteiger partial charge in [0, 0.05) is 12.7 Å². The summed E-state index contributed by atoms with van der Waals surface area (Å²) < 4.78 is 17.8. The fourth-order valence-corrected chi connectivity index (χ4v) is 1.92. The van der Waals surface area contributed by atoms with E-state index in [0.717, 1.165) is 12.2 Å². The topological polar surface area (TPSA) is 98.9 Å². The first-order chi connectivity index (χ1) is 11.6. The zero-order valence-electron chi connectivity index (χ0n) is 15.2. The van der Waals surface area contributed by atoms with Crippen molar-refractivity contribution in [2.45, 2.75) is 40.8 Å². The van der Waals surface area contributed by atoms with Gasteiger partial charge in [-0.25, -0.2) is 0 Å². The van der Waals surface area contributed by atoms with E-state index < -0.39 is 8.38 Å². The molecule has 0 aliphatic rings. The molecule has 9 heteroatoms. The standard InChI is InChI=1S/C13H26N3O5P.C2H6/c1-12(2)9-16-10-13(14-15-16)11-21-6-5-19-3-4-20-7-8-22(17)18;1-2/h10,12,17-18H,3-9,11H2,1-2H3;1-2H3. The van der Waals surface area contributed by atoms with Gasteiger partial charge in [-0.2, -0.15) is 0 Å². The van der Waals surface area contributed by atoms with E-state index in [1.165, 1.54) is 0 Å². The van der Waals surface area contributed by atoms with E-state index in [9.17, 15) is 0 Å². The molecule has 0 spiro atoms. The molecule has 2 N–H and O–H groups in total. The van der Waals surface area contributed by atoms with Crippen molar-refractivity contribution in [3.05, 3.63) is 11.9 Å². The molecule has 0 aliphatic heterocycles. The lowest BCUT2D eigenvalue weighted by Gasteiger charge is -2.06. The molecule has 1 aromatic heterocycles. The van der Waals surface area contributed by atoms with Gasteiger partial charge < -0.3 is 24.0 Å². The van der Waals surface area contributed by atoms with Crippen LogP contribution in [0.4, 0.5) is 0 Å². The first-order valence-corrected chi connectivity index (χ1v) is 9.78. The third kappa shape index (κ3) is 13.8. The van der Waals surface area contributed by atoms with Gasteiger partial charge >= 0.3 is 0 Å². The van der Waals surface area contributed by atoms with Gasteiger partial charge in [-0.1, -0.05) is 32.9 Å². The number of nitrogens with zero attached hydrogens (tertiary/aromatic N) is 3. The minimum atomic E-state index is -1.86. The molecule has 0 fully saturated rings. The predicted molar refractivity (Wildman–Crippen MR) is 93.7 cm³/mol. The van der Waals surface area contributed by atoms with Crippen molar-refractivity contribution in [1.82, 2.24) is 15.0 Å². The van der Waals surface area contributed by atoms with Gasteiger partial charge in [-0.05, 0) is 5.92 Å². The lowest BCUT2D eigenvalue weighted by Crippen LogP contribution is -2.10. The van der Waals surface area contributed by atoms with Crippen LogP contribution in [0.1, 0.15) is 33.4 Å². The summed E-state index contributed by atoms with van der Waals surface area (Å²) in [5.74, 6) is 0.535. The summed E-state index contributed by atoms with van der Waals surface area (Å²) >= 11 is 0. The Labute approximate surface area is 146 Å². The fourth-order valence-electron chi connectivity index (χ4n) is 1.63. The SMILES string of the molecule is CC.CC(C)Cn1cc(COCCOCCOCCP(O)O)nn1. The average Bonchev–Trinajstić information content (AvgIpc) is 2.97. The van der Waals surface area contributed by atoms with Crippen LogP contribution in [0.2, 0.25) is 0 Å². The Morgan fingerprint density at radius 3 is 2.21 bits per heavy atom. The number of hydrogen-bond acceptors (Lipinski definition) is 7. The van der Waals surface area contributed by atoms with Crippen LogP contribution in [0, 0.1) is 5.92 Å². The summed E-state index contributed by atoms with van der Waals surface area (Å²) in [5, 5.41) is 8.07. The molecule has 1 heterocycles. The van der Waals surface area contributed by atoms with Gasteiger partial charge in [0.2, 0.25) is 0 Å². The molecule has 0 unspecified atom stereocenters. The summed E-state index contributed by atoms with van der Waals surface area (Å²) in [4.78, 5) is 17.3. The van der Waals surface area contributed by atoms with Gasteiger partial charge in [0.1, 0.15) is 5.69 Å². The van der Waals surface area contributed by atoms with Crippen molar-refractivity contribution in [3.8, 4) is 0 Å². The first-order valence-electron chi connectivity index (χ1n) is 8.35. The second kappa shape index (κ2) is 15.9. The van der Waals surface area contributed by atoms with Crippen molar-refractivity contribution < 1.29 is 24.0 Å². The molecule has 0 radical (unpaired) electrons. The van der Waals surface area contributed by atoms with Crippen molar-refractivity contribution >= 4 is 8.38 Å². The van der Waals surface area contributed by atoms with Crippen molar-refractivity contribution in [1.29, 1.82) is 0 Å². The smallest absolute Gasteiger partial charge is 0.167 e. The van der Waals surface area contributed by atoms with E-state index in [2.05, 4.69) is 24.2 Å². The van der Waals surface area contributed by atoms with Crippen LogP contribution in [-0.2, 0) is 27.4 Å². The predicted octanol–water partition coefficient (Wildman–Crippen LogP) is 1.81. The Hall–Kier alpha value is -0.630. The van der Waals surface area contributed by atoms with Gasteiger partial charge in [-0.15, -0.1) is 5.10 Å². The van der Waals surface area contributed by atoms with Gasteiger partial charge in [0.25, 0.3) is 0 Å². The minimum absolute atomic E-state index is 0.274. The number of aromatic nitrogens is 3. The molecular weight excluding hydrogens is 333 g/mol. The number of ether oxygens (including phenoxy) is 3. The van der Waals surface area contributed by atoms with Crippen LogP contribution < -0.4 is 0 Å². The van der Waals surface area contributed by atoms with E-state index in [0.29, 0.717) is 45.6 Å². The summed E-state index contributed by atoms with van der Waals surface area (Å²) in [6, 6.07) is 0. The van der Waals surface area contributed by atoms with E-state index in [1.807, 2.05) is 24.7 Å². The van der Waals surface area contributed by atoms with Crippen LogP contribution in [0.5, 0.6) is 0 Å². The Morgan fingerprint density at radius 2 is 1.62 bits per heavy atom. The highest BCUT2D eigenvalue weighted by molar-refractivity contribution is 7.45. The van der Waals surface area contributed by atoms with E-state index >= 15 is 0 Å². The lowest BCUT2D eigenvalue weighted by molar-refractivity contribution is 0.0123. The lowest BCUT2D eigenvalue weighted by atomic mass is 10.2. The molecule has 8 nitrogen and oxygen atoms in total. The molecular formula is C15H32N3O5P. The van der Waals surface area contributed by atoms with Crippen LogP contribution in [0.15, 0.2) is 6.20 Å². The minimum Gasteiger partial charge on any atom is -0.379 e. The maximum atomic E-state index is 8.67. The summed E-state index contributed by atoms with van der Waals surface area (Å²) in [7, 11) is -1.86. The Morgan fingerprint density at radius 1 is 1.04 bits per heavy atom. The molecule has 1 aromatic rings. The van der Waals surface area contributed by atoms with E-state index in [-0.39, 0.29) is 6.16 Å². The van der Waals surface area contributed by atoms with Gasteiger partial charge in [0.05, 0.1) is 45.8 Å². The maximum absolute atomic E-state index is 8.67. The van der Waals surface area contributed by atoms with Crippen molar-refractivity contribution in [3.63, 3.8) is 0 Å². The Kier molecular flexibility index (Phi) is 15.5. The van der Waals surface area contributed by atoms with Crippen molar-refractivity contribution in [2.24, 2.45) is 5.92 Å². The quantitative estimate of drug-likeness (QED) is 0.406. The summed E-state index contributed by atoms with van der Waals surface area (Å²) in [5.41, 5.74) is 0.813. The van der Waals surface area contributed by atoms with Crippen LogP contribution in [-0.4, -0.2) is 64.0 Å². The third-order valence-electron chi connectivity index (χ3n) is 2.57. The summed E-state index contributed by atoms with van der Waals surface area (Å²) in [6.45, 7) is 11.7. The van der Waals surface area contributed by atoms with E-state index in [4.69, 9.17) is 24.0 Å². The molecule has 0 saturated heterocycles. The van der Waals surface area contributed by atoms with E-state index in [1.54, 1.807) is 0 Å². The normalized spacial score (nSPS) is 11.0. The second-order valence-corrected chi connectivity index (χ2v) is 6.39. The second-order valence-electron chi connectivity index (χ2n) is 5.20. The summed E-state index contributed by atoms with van der Waals surface area (Å²) in [6.07, 6.45) is 2.17. The number of rotatable bonds is 13. The molecule has 0 aromatic carbocycles. The number of hydrogen-bond donors (Lipinski definition) is 2. The third-order valence-corrected chi connectivity index (χ3v) is 3.15. The zero-order chi connectivity index (χ0) is 18.2.